The summed E-state index contributed by atoms with van der Waals surface area (Å²) in [6.07, 6.45) is 3.42. The zero-order chi connectivity index (χ0) is 21.4. The van der Waals surface area contributed by atoms with Crippen molar-refractivity contribution in [3.63, 3.8) is 0 Å². The minimum absolute atomic E-state index is 0.368. The van der Waals surface area contributed by atoms with Gasteiger partial charge in [-0.05, 0) is 66.5 Å². The standard InChI is InChI=1S/C24H38O4/c1-15(2)10-12-20(23(25)26)19-9-7-8-18(14-17(5)6)22(19)21(24(27)28)13-11-16(3)4/h7-9,15-17,20-21H,10-14H2,1-6H3,(H,25,26)(H,27,28). The van der Waals surface area contributed by atoms with Crippen molar-refractivity contribution in [1.82, 2.24) is 0 Å². The molecule has 0 fully saturated rings. The third-order valence-corrected chi connectivity index (χ3v) is 5.24. The van der Waals surface area contributed by atoms with E-state index in [1.807, 2.05) is 18.2 Å². The molecular formula is C24H38O4. The van der Waals surface area contributed by atoms with Gasteiger partial charge in [-0.25, -0.2) is 0 Å². The summed E-state index contributed by atoms with van der Waals surface area (Å²) in [5.74, 6) is -1.87. The van der Waals surface area contributed by atoms with E-state index in [-0.39, 0.29) is 0 Å². The van der Waals surface area contributed by atoms with Gasteiger partial charge in [-0.15, -0.1) is 0 Å². The molecule has 0 spiro atoms. The predicted octanol–water partition coefficient (Wildman–Crippen LogP) is 6.09. The van der Waals surface area contributed by atoms with Gasteiger partial charge in [-0.2, -0.15) is 0 Å². The average molecular weight is 391 g/mol. The van der Waals surface area contributed by atoms with E-state index in [4.69, 9.17) is 0 Å². The molecule has 0 aliphatic rings. The van der Waals surface area contributed by atoms with Gasteiger partial charge in [-0.1, -0.05) is 59.7 Å². The minimum atomic E-state index is -0.864. The lowest BCUT2D eigenvalue weighted by Gasteiger charge is -2.26. The number of aliphatic carboxylic acids is 2. The normalized spacial score (nSPS) is 13.9. The lowest BCUT2D eigenvalue weighted by atomic mass is 9.78. The van der Waals surface area contributed by atoms with Crippen molar-refractivity contribution in [2.45, 2.75) is 85.5 Å². The molecule has 0 radical (unpaired) electrons. The Kier molecular flexibility index (Phi) is 9.71. The molecule has 0 bridgehead atoms. The lowest BCUT2D eigenvalue weighted by Crippen LogP contribution is -2.22. The minimum Gasteiger partial charge on any atom is -0.481 e. The van der Waals surface area contributed by atoms with Crippen LogP contribution < -0.4 is 0 Å². The molecule has 0 aliphatic carbocycles. The largest absolute Gasteiger partial charge is 0.481 e. The van der Waals surface area contributed by atoms with Crippen molar-refractivity contribution in [3.05, 3.63) is 34.9 Å². The van der Waals surface area contributed by atoms with Crippen LogP contribution in [0.3, 0.4) is 0 Å². The number of carbonyl (C=O) groups is 2. The van der Waals surface area contributed by atoms with Crippen LogP contribution in [0.25, 0.3) is 0 Å². The van der Waals surface area contributed by atoms with Gasteiger partial charge >= 0.3 is 11.9 Å². The predicted molar refractivity (Wildman–Crippen MR) is 114 cm³/mol. The molecule has 0 saturated heterocycles. The van der Waals surface area contributed by atoms with Crippen molar-refractivity contribution in [3.8, 4) is 0 Å². The van der Waals surface area contributed by atoms with Crippen LogP contribution in [0.2, 0.25) is 0 Å². The molecule has 158 valence electrons. The Labute approximate surface area is 170 Å². The average Bonchev–Trinajstić information content (AvgIpc) is 2.55. The highest BCUT2D eigenvalue weighted by molar-refractivity contribution is 5.81. The molecule has 0 amide bonds. The maximum Gasteiger partial charge on any atom is 0.310 e. The Balaban J connectivity index is 3.52. The molecule has 2 N–H and O–H groups in total. The number of hydrogen-bond acceptors (Lipinski definition) is 2. The van der Waals surface area contributed by atoms with E-state index in [9.17, 15) is 19.8 Å². The van der Waals surface area contributed by atoms with Crippen molar-refractivity contribution in [1.29, 1.82) is 0 Å². The van der Waals surface area contributed by atoms with Crippen LogP contribution >= 0.6 is 0 Å². The molecule has 1 aromatic carbocycles. The summed E-state index contributed by atoms with van der Waals surface area (Å²) in [5.41, 5.74) is 2.43. The first kappa shape index (κ1) is 24.2. The zero-order valence-electron chi connectivity index (χ0n) is 18.4. The van der Waals surface area contributed by atoms with Crippen LogP contribution in [-0.2, 0) is 16.0 Å². The van der Waals surface area contributed by atoms with E-state index < -0.39 is 23.8 Å². The molecule has 0 aliphatic heterocycles. The van der Waals surface area contributed by atoms with E-state index in [0.29, 0.717) is 36.2 Å². The smallest absolute Gasteiger partial charge is 0.310 e. The number of rotatable bonds is 12. The Hall–Kier alpha value is -1.84. The van der Waals surface area contributed by atoms with Crippen LogP contribution in [0.5, 0.6) is 0 Å². The van der Waals surface area contributed by atoms with E-state index in [0.717, 1.165) is 30.4 Å². The maximum atomic E-state index is 12.2. The monoisotopic (exact) mass is 390 g/mol. The highest BCUT2D eigenvalue weighted by Gasteiger charge is 2.31. The van der Waals surface area contributed by atoms with Gasteiger partial charge in [0.15, 0.2) is 0 Å². The van der Waals surface area contributed by atoms with Crippen molar-refractivity contribution in [2.24, 2.45) is 17.8 Å². The first-order valence-corrected chi connectivity index (χ1v) is 10.6. The third-order valence-electron chi connectivity index (χ3n) is 5.24. The van der Waals surface area contributed by atoms with E-state index >= 15 is 0 Å². The molecule has 2 atom stereocenters. The molecule has 1 aromatic rings. The number of benzene rings is 1. The third kappa shape index (κ3) is 7.29. The molecule has 0 saturated carbocycles. The summed E-state index contributed by atoms with van der Waals surface area (Å²) < 4.78 is 0. The molecule has 2 unspecified atom stereocenters. The summed E-state index contributed by atoms with van der Waals surface area (Å²) >= 11 is 0. The highest BCUT2D eigenvalue weighted by atomic mass is 16.4. The van der Waals surface area contributed by atoms with E-state index in [1.165, 1.54) is 0 Å². The van der Waals surface area contributed by atoms with Crippen LogP contribution in [0, 0.1) is 17.8 Å². The number of hydrogen-bond donors (Lipinski definition) is 2. The van der Waals surface area contributed by atoms with Gasteiger partial charge < -0.3 is 10.2 Å². The molecule has 0 aromatic heterocycles. The fourth-order valence-electron chi connectivity index (χ4n) is 3.78. The van der Waals surface area contributed by atoms with Gasteiger partial charge in [0.1, 0.15) is 0 Å². The second-order valence-electron chi connectivity index (χ2n) is 9.24. The molecule has 1 rings (SSSR count). The number of carboxylic acid groups (broad SMARTS) is 2. The molecule has 0 heterocycles. The second-order valence-corrected chi connectivity index (χ2v) is 9.24. The van der Waals surface area contributed by atoms with Gasteiger partial charge in [0, 0.05) is 0 Å². The van der Waals surface area contributed by atoms with Crippen molar-refractivity contribution in [2.75, 3.05) is 0 Å². The quantitative estimate of drug-likeness (QED) is 0.452. The Morgan fingerprint density at radius 2 is 1.25 bits per heavy atom. The van der Waals surface area contributed by atoms with Crippen molar-refractivity contribution >= 4 is 11.9 Å². The van der Waals surface area contributed by atoms with Gasteiger partial charge in [-0.3, -0.25) is 9.59 Å². The molecular weight excluding hydrogens is 352 g/mol. The molecule has 28 heavy (non-hydrogen) atoms. The van der Waals surface area contributed by atoms with E-state index in [1.54, 1.807) is 0 Å². The van der Waals surface area contributed by atoms with Gasteiger partial charge in [0.25, 0.3) is 0 Å². The van der Waals surface area contributed by atoms with Crippen LogP contribution in [-0.4, -0.2) is 22.2 Å². The topological polar surface area (TPSA) is 74.6 Å². The summed E-state index contributed by atoms with van der Waals surface area (Å²) in [5, 5.41) is 19.9. The summed E-state index contributed by atoms with van der Waals surface area (Å²) in [6.45, 7) is 12.5. The number of carboxylic acids is 2. The highest BCUT2D eigenvalue weighted by Crippen LogP contribution is 2.37. The van der Waals surface area contributed by atoms with Crippen LogP contribution in [0.15, 0.2) is 18.2 Å². The fourth-order valence-corrected chi connectivity index (χ4v) is 3.78. The van der Waals surface area contributed by atoms with Gasteiger partial charge in [0.2, 0.25) is 0 Å². The van der Waals surface area contributed by atoms with Gasteiger partial charge in [0.05, 0.1) is 11.8 Å². The zero-order valence-corrected chi connectivity index (χ0v) is 18.4. The summed E-state index contributed by atoms with van der Waals surface area (Å²) in [6, 6.07) is 5.71. The van der Waals surface area contributed by atoms with E-state index in [2.05, 4.69) is 41.5 Å². The Morgan fingerprint density at radius 3 is 1.68 bits per heavy atom. The van der Waals surface area contributed by atoms with Crippen molar-refractivity contribution < 1.29 is 19.8 Å². The maximum absolute atomic E-state index is 12.2. The first-order valence-electron chi connectivity index (χ1n) is 10.6. The second kappa shape index (κ2) is 11.2. The molecule has 4 nitrogen and oxygen atoms in total. The SMILES string of the molecule is CC(C)CCC(C(=O)O)c1cccc(CC(C)C)c1C(CCC(C)C)C(=O)O. The summed E-state index contributed by atoms with van der Waals surface area (Å²) in [7, 11) is 0. The van der Waals surface area contributed by atoms with Crippen LogP contribution in [0.1, 0.15) is 95.8 Å². The van der Waals surface area contributed by atoms with Crippen LogP contribution in [0.4, 0.5) is 0 Å². The first-order chi connectivity index (χ1) is 13.0. The molecule has 4 heteroatoms. The lowest BCUT2D eigenvalue weighted by molar-refractivity contribution is -0.140. The Morgan fingerprint density at radius 1 is 0.750 bits per heavy atom. The Bertz CT molecular complexity index is 646. The summed E-state index contributed by atoms with van der Waals surface area (Å²) in [4.78, 5) is 24.3. The fraction of sp³-hybridized carbons (Fsp3) is 0.667.